The molecule has 0 N–H and O–H groups in total. The van der Waals surface area contributed by atoms with Crippen LogP contribution in [0, 0.1) is 0 Å². The Labute approximate surface area is 153 Å². The minimum absolute atomic E-state index is 0.218. The minimum Gasteiger partial charge on any atom is -0.383 e. The fourth-order valence-electron chi connectivity index (χ4n) is 3.96. The van der Waals surface area contributed by atoms with E-state index in [4.69, 9.17) is 18.9 Å². The molecule has 0 aromatic carbocycles. The normalized spacial score (nSPS) is 33.5. The van der Waals surface area contributed by atoms with Crippen molar-refractivity contribution in [1.82, 2.24) is 9.80 Å². The molecule has 0 bridgehead atoms. The number of nitrogens with zero attached hydrogens (tertiary/aromatic N) is 2. The molecule has 2 aliphatic heterocycles. The van der Waals surface area contributed by atoms with Crippen LogP contribution in [0.3, 0.4) is 0 Å². The van der Waals surface area contributed by atoms with E-state index in [1.165, 1.54) is 0 Å². The van der Waals surface area contributed by atoms with Crippen molar-refractivity contribution >= 4 is 0 Å². The standard InChI is InChI=1S/C19H38N2O4/c1-15(23-9-7-20-11-16(2)24-17(3)12-20)10-19-14-21(6-8-22-5)13-18(4)25-19/h15-19H,6-14H2,1-5H3/t15-,16-,17+,18?,19?/m1/s1. The second-order valence-corrected chi connectivity index (χ2v) is 7.76. The van der Waals surface area contributed by atoms with Gasteiger partial charge in [0.1, 0.15) is 0 Å². The van der Waals surface area contributed by atoms with Crippen LogP contribution < -0.4 is 0 Å². The first-order valence-corrected chi connectivity index (χ1v) is 9.82. The van der Waals surface area contributed by atoms with Crippen LogP contribution in [0.1, 0.15) is 34.1 Å². The third kappa shape index (κ3) is 7.89. The third-order valence-corrected chi connectivity index (χ3v) is 4.91. The van der Waals surface area contributed by atoms with Crippen molar-refractivity contribution in [3.8, 4) is 0 Å². The highest BCUT2D eigenvalue weighted by Gasteiger charge is 2.27. The lowest BCUT2D eigenvalue weighted by Crippen LogP contribution is -2.48. The van der Waals surface area contributed by atoms with Gasteiger partial charge in [-0.25, -0.2) is 0 Å². The molecule has 5 atom stereocenters. The Balaban J connectivity index is 1.64. The van der Waals surface area contributed by atoms with Gasteiger partial charge in [0.15, 0.2) is 0 Å². The summed E-state index contributed by atoms with van der Waals surface area (Å²) in [6, 6.07) is 0. The summed E-state index contributed by atoms with van der Waals surface area (Å²) in [6.45, 7) is 16.1. The van der Waals surface area contributed by atoms with Crippen LogP contribution in [0.4, 0.5) is 0 Å². The van der Waals surface area contributed by atoms with Gasteiger partial charge in [-0.2, -0.15) is 0 Å². The fraction of sp³-hybridized carbons (Fsp3) is 1.00. The number of hydrogen-bond acceptors (Lipinski definition) is 6. The van der Waals surface area contributed by atoms with E-state index in [1.54, 1.807) is 7.11 Å². The lowest BCUT2D eigenvalue weighted by atomic mass is 10.1. The molecule has 2 fully saturated rings. The van der Waals surface area contributed by atoms with Crippen LogP contribution in [0.15, 0.2) is 0 Å². The Morgan fingerprint density at radius 3 is 2.08 bits per heavy atom. The first kappa shape index (κ1) is 21.1. The summed E-state index contributed by atoms with van der Waals surface area (Å²) in [6.07, 6.45) is 2.32. The number of rotatable bonds is 9. The monoisotopic (exact) mass is 358 g/mol. The highest BCUT2D eigenvalue weighted by molar-refractivity contribution is 4.78. The molecule has 0 saturated carbocycles. The van der Waals surface area contributed by atoms with Crippen LogP contribution in [0.5, 0.6) is 0 Å². The van der Waals surface area contributed by atoms with Crippen LogP contribution in [-0.2, 0) is 18.9 Å². The van der Waals surface area contributed by atoms with Gasteiger partial charge in [-0.05, 0) is 27.7 Å². The van der Waals surface area contributed by atoms with E-state index in [2.05, 4.69) is 37.5 Å². The Bertz CT molecular complexity index is 361. The van der Waals surface area contributed by atoms with Gasteiger partial charge >= 0.3 is 0 Å². The molecule has 2 unspecified atom stereocenters. The van der Waals surface area contributed by atoms with Gasteiger partial charge in [0.05, 0.1) is 43.7 Å². The number of ether oxygens (including phenoxy) is 4. The molecule has 2 rings (SSSR count). The fourth-order valence-corrected chi connectivity index (χ4v) is 3.96. The maximum Gasteiger partial charge on any atom is 0.0730 e. The zero-order chi connectivity index (χ0) is 18.2. The molecule has 0 amide bonds. The molecule has 0 radical (unpaired) electrons. The number of morpholine rings is 2. The highest BCUT2D eigenvalue weighted by Crippen LogP contribution is 2.17. The molecule has 25 heavy (non-hydrogen) atoms. The zero-order valence-corrected chi connectivity index (χ0v) is 16.8. The van der Waals surface area contributed by atoms with Crippen molar-refractivity contribution in [2.45, 2.75) is 64.6 Å². The molecule has 6 heteroatoms. The molecule has 0 spiro atoms. The van der Waals surface area contributed by atoms with E-state index in [1.807, 2.05) is 0 Å². The van der Waals surface area contributed by atoms with E-state index < -0.39 is 0 Å². The van der Waals surface area contributed by atoms with Crippen molar-refractivity contribution in [3.05, 3.63) is 0 Å². The summed E-state index contributed by atoms with van der Waals surface area (Å²) in [5, 5.41) is 0. The van der Waals surface area contributed by atoms with Crippen molar-refractivity contribution < 1.29 is 18.9 Å². The van der Waals surface area contributed by atoms with Gasteiger partial charge in [-0.3, -0.25) is 9.80 Å². The van der Waals surface area contributed by atoms with Crippen LogP contribution in [0.25, 0.3) is 0 Å². The van der Waals surface area contributed by atoms with E-state index in [-0.39, 0.29) is 18.3 Å². The highest BCUT2D eigenvalue weighted by atomic mass is 16.5. The molecule has 148 valence electrons. The minimum atomic E-state index is 0.218. The van der Waals surface area contributed by atoms with Gasteiger partial charge in [0.2, 0.25) is 0 Å². The Morgan fingerprint density at radius 1 is 0.880 bits per heavy atom. The molecule has 2 saturated heterocycles. The van der Waals surface area contributed by atoms with Gasteiger partial charge in [0, 0.05) is 52.8 Å². The van der Waals surface area contributed by atoms with E-state index in [9.17, 15) is 0 Å². The molecule has 0 aromatic heterocycles. The van der Waals surface area contributed by atoms with Crippen molar-refractivity contribution in [2.24, 2.45) is 0 Å². The second-order valence-electron chi connectivity index (χ2n) is 7.76. The lowest BCUT2D eigenvalue weighted by molar-refractivity contribution is -0.103. The molecule has 2 heterocycles. The smallest absolute Gasteiger partial charge is 0.0730 e. The summed E-state index contributed by atoms with van der Waals surface area (Å²) in [4.78, 5) is 4.88. The molecule has 6 nitrogen and oxygen atoms in total. The third-order valence-electron chi connectivity index (χ3n) is 4.91. The second kappa shape index (κ2) is 10.8. The Morgan fingerprint density at radius 2 is 1.44 bits per heavy atom. The molecule has 0 aliphatic carbocycles. The molecule has 0 aromatic rings. The summed E-state index contributed by atoms with van der Waals surface area (Å²) < 4.78 is 23.1. The summed E-state index contributed by atoms with van der Waals surface area (Å²) in [5.41, 5.74) is 0. The maximum absolute atomic E-state index is 6.10. The average molecular weight is 359 g/mol. The maximum atomic E-state index is 6.10. The molecule has 2 aliphatic rings. The number of methoxy groups -OCH3 is 1. The van der Waals surface area contributed by atoms with Gasteiger partial charge in [-0.15, -0.1) is 0 Å². The average Bonchev–Trinajstić information content (AvgIpc) is 2.51. The van der Waals surface area contributed by atoms with Crippen LogP contribution >= 0.6 is 0 Å². The van der Waals surface area contributed by atoms with E-state index >= 15 is 0 Å². The number of hydrogen-bond donors (Lipinski definition) is 0. The van der Waals surface area contributed by atoms with Gasteiger partial charge in [0.25, 0.3) is 0 Å². The Kier molecular flexibility index (Phi) is 9.10. The van der Waals surface area contributed by atoms with E-state index in [0.29, 0.717) is 12.2 Å². The largest absolute Gasteiger partial charge is 0.383 e. The zero-order valence-electron chi connectivity index (χ0n) is 16.8. The Hall–Kier alpha value is -0.240. The van der Waals surface area contributed by atoms with E-state index in [0.717, 1.165) is 58.9 Å². The quantitative estimate of drug-likeness (QED) is 0.624. The predicted molar refractivity (Wildman–Crippen MR) is 99.1 cm³/mol. The topological polar surface area (TPSA) is 43.4 Å². The molecular weight excluding hydrogens is 320 g/mol. The molecular formula is C19H38N2O4. The van der Waals surface area contributed by atoms with Gasteiger partial charge < -0.3 is 18.9 Å². The van der Waals surface area contributed by atoms with Gasteiger partial charge in [-0.1, -0.05) is 0 Å². The predicted octanol–water partition coefficient (Wildman–Crippen LogP) is 1.63. The van der Waals surface area contributed by atoms with Crippen molar-refractivity contribution in [3.63, 3.8) is 0 Å². The summed E-state index contributed by atoms with van der Waals surface area (Å²) in [5.74, 6) is 0. The lowest BCUT2D eigenvalue weighted by Gasteiger charge is -2.38. The summed E-state index contributed by atoms with van der Waals surface area (Å²) in [7, 11) is 1.76. The first-order chi connectivity index (χ1) is 12.0. The first-order valence-electron chi connectivity index (χ1n) is 9.82. The van der Waals surface area contributed by atoms with Crippen LogP contribution in [-0.4, -0.2) is 99.9 Å². The SMILES string of the molecule is COCCN1CC(C)OC(C[C@@H](C)OCCN2C[C@@H](C)O[C@@H](C)C2)C1. The summed E-state index contributed by atoms with van der Waals surface area (Å²) >= 11 is 0. The van der Waals surface area contributed by atoms with Crippen molar-refractivity contribution in [2.75, 3.05) is 59.6 Å². The van der Waals surface area contributed by atoms with Crippen molar-refractivity contribution in [1.29, 1.82) is 0 Å². The van der Waals surface area contributed by atoms with Crippen LogP contribution in [0.2, 0.25) is 0 Å².